The Morgan fingerprint density at radius 1 is 1.29 bits per heavy atom. The minimum Gasteiger partial charge on any atom is -0.388 e. The average molecular weight is 203 g/mol. The van der Waals surface area contributed by atoms with Gasteiger partial charge in [-0.2, -0.15) is 5.10 Å². The van der Waals surface area contributed by atoms with Crippen molar-refractivity contribution in [3.8, 4) is 0 Å². The Hall–Kier alpha value is -1.68. The second-order valence-corrected chi connectivity index (χ2v) is 3.36. The van der Waals surface area contributed by atoms with E-state index in [1.54, 1.807) is 6.21 Å². The first-order valence-corrected chi connectivity index (χ1v) is 4.58. The van der Waals surface area contributed by atoms with E-state index in [0.29, 0.717) is 10.7 Å². The normalized spacial score (nSPS) is 13.6. The summed E-state index contributed by atoms with van der Waals surface area (Å²) in [7, 11) is 0. The molecule has 0 saturated heterocycles. The quantitative estimate of drug-likeness (QED) is 0.675. The molecule has 0 aliphatic carbocycles. The van der Waals surface area contributed by atoms with E-state index in [1.165, 1.54) is 0 Å². The fourth-order valence-corrected chi connectivity index (χ4v) is 1.35. The summed E-state index contributed by atoms with van der Waals surface area (Å²) in [5, 5.41) is 4.00. The molecule has 1 aliphatic heterocycles. The number of nitrogens with one attached hydrogen (secondary N) is 1. The van der Waals surface area contributed by atoms with Gasteiger partial charge in [-0.1, -0.05) is 36.5 Å². The van der Waals surface area contributed by atoms with Crippen molar-refractivity contribution in [2.45, 2.75) is 0 Å². The first-order chi connectivity index (χ1) is 6.77. The summed E-state index contributed by atoms with van der Waals surface area (Å²) in [4.78, 5) is 0.318. The zero-order valence-corrected chi connectivity index (χ0v) is 8.21. The molecule has 2 rings (SSSR count). The largest absolute Gasteiger partial charge is 0.388 e. The third-order valence-electron chi connectivity index (χ3n) is 1.95. The monoisotopic (exact) mass is 203 g/mol. The molecule has 0 atom stereocenters. The number of benzene rings is 1. The Morgan fingerprint density at radius 2 is 2.00 bits per heavy atom. The molecule has 0 radical (unpaired) electrons. The van der Waals surface area contributed by atoms with Crippen LogP contribution in [-0.2, 0) is 0 Å². The van der Waals surface area contributed by atoms with Crippen molar-refractivity contribution < 1.29 is 0 Å². The van der Waals surface area contributed by atoms with Gasteiger partial charge in [0.05, 0.1) is 11.9 Å². The van der Waals surface area contributed by atoms with Crippen LogP contribution in [0.15, 0.2) is 35.1 Å². The lowest BCUT2D eigenvalue weighted by atomic mass is 10.1. The van der Waals surface area contributed by atoms with Gasteiger partial charge in [-0.25, -0.2) is 0 Å². The van der Waals surface area contributed by atoms with Gasteiger partial charge in [-0.3, -0.25) is 5.43 Å². The molecule has 0 fully saturated rings. The van der Waals surface area contributed by atoms with Crippen molar-refractivity contribution in [2.24, 2.45) is 10.8 Å². The highest BCUT2D eigenvalue weighted by Crippen LogP contribution is 2.12. The maximum absolute atomic E-state index is 5.52. The molecule has 14 heavy (non-hydrogen) atoms. The van der Waals surface area contributed by atoms with Crippen molar-refractivity contribution in [2.75, 3.05) is 0 Å². The van der Waals surface area contributed by atoms with Crippen LogP contribution in [0.1, 0.15) is 11.1 Å². The molecule has 1 heterocycles. The minimum absolute atomic E-state index is 0.318. The summed E-state index contributed by atoms with van der Waals surface area (Å²) in [5.41, 5.74) is 11.1. The molecule has 1 aliphatic rings. The van der Waals surface area contributed by atoms with Gasteiger partial charge >= 0.3 is 0 Å². The van der Waals surface area contributed by atoms with Crippen molar-refractivity contribution in [3.05, 3.63) is 41.1 Å². The molecular weight excluding hydrogens is 194 g/mol. The second kappa shape index (κ2) is 3.59. The van der Waals surface area contributed by atoms with Crippen molar-refractivity contribution in [1.29, 1.82) is 0 Å². The molecule has 1 aromatic rings. The summed E-state index contributed by atoms with van der Waals surface area (Å²) in [6, 6.07) is 7.91. The SMILES string of the molecule is NC(=S)C1=Cc2ccccc2C=NN1. The van der Waals surface area contributed by atoms with E-state index in [0.717, 1.165) is 11.1 Å². The van der Waals surface area contributed by atoms with E-state index in [9.17, 15) is 0 Å². The van der Waals surface area contributed by atoms with Crippen LogP contribution in [0.3, 0.4) is 0 Å². The van der Waals surface area contributed by atoms with Gasteiger partial charge in [0.15, 0.2) is 0 Å². The van der Waals surface area contributed by atoms with E-state index in [2.05, 4.69) is 10.5 Å². The van der Waals surface area contributed by atoms with Gasteiger partial charge in [0, 0.05) is 5.56 Å². The fourth-order valence-electron chi connectivity index (χ4n) is 1.25. The number of hydrogen-bond acceptors (Lipinski definition) is 3. The topological polar surface area (TPSA) is 50.4 Å². The van der Waals surface area contributed by atoms with Crippen LogP contribution in [0.5, 0.6) is 0 Å². The van der Waals surface area contributed by atoms with E-state index < -0.39 is 0 Å². The van der Waals surface area contributed by atoms with Gasteiger partial charge in [-0.15, -0.1) is 0 Å². The third-order valence-corrected chi connectivity index (χ3v) is 2.17. The Kier molecular flexibility index (Phi) is 2.28. The molecule has 70 valence electrons. The standard InChI is InChI=1S/C10H9N3S/c11-10(14)9-5-7-3-1-2-4-8(7)6-12-13-9/h1-6,13H,(H2,11,14). The Morgan fingerprint density at radius 3 is 2.71 bits per heavy atom. The van der Waals surface area contributed by atoms with E-state index >= 15 is 0 Å². The summed E-state index contributed by atoms with van der Waals surface area (Å²) < 4.78 is 0. The molecule has 4 heteroatoms. The van der Waals surface area contributed by atoms with Gasteiger partial charge in [-0.05, 0) is 11.6 Å². The molecule has 3 N–H and O–H groups in total. The van der Waals surface area contributed by atoms with Crippen LogP contribution < -0.4 is 11.2 Å². The van der Waals surface area contributed by atoms with Crippen LogP contribution in [0.25, 0.3) is 6.08 Å². The molecule has 0 bridgehead atoms. The van der Waals surface area contributed by atoms with Crippen LogP contribution >= 0.6 is 12.2 Å². The van der Waals surface area contributed by atoms with Crippen LogP contribution in [0.4, 0.5) is 0 Å². The van der Waals surface area contributed by atoms with Crippen LogP contribution in [-0.4, -0.2) is 11.2 Å². The van der Waals surface area contributed by atoms with Crippen molar-refractivity contribution in [1.82, 2.24) is 5.43 Å². The number of nitrogens with zero attached hydrogens (tertiary/aromatic N) is 1. The van der Waals surface area contributed by atoms with Gasteiger partial charge in [0.25, 0.3) is 0 Å². The summed E-state index contributed by atoms with van der Waals surface area (Å²) in [6.07, 6.45) is 3.64. The minimum atomic E-state index is 0.318. The van der Waals surface area contributed by atoms with Crippen LogP contribution in [0.2, 0.25) is 0 Å². The second-order valence-electron chi connectivity index (χ2n) is 2.92. The lowest BCUT2D eigenvalue weighted by molar-refractivity contribution is 0.950. The molecule has 3 nitrogen and oxygen atoms in total. The number of nitrogens with two attached hydrogens (primary N) is 1. The Bertz CT molecular complexity index is 435. The highest BCUT2D eigenvalue weighted by Gasteiger charge is 2.05. The lowest BCUT2D eigenvalue weighted by Gasteiger charge is -2.01. The molecule has 0 aromatic heterocycles. The van der Waals surface area contributed by atoms with E-state index in [1.807, 2.05) is 30.3 Å². The summed E-state index contributed by atoms with van der Waals surface area (Å²) in [5.74, 6) is 0. The Labute approximate surface area is 87.3 Å². The molecule has 0 unspecified atom stereocenters. The summed E-state index contributed by atoms with van der Waals surface area (Å²) >= 11 is 4.88. The zero-order valence-electron chi connectivity index (χ0n) is 7.40. The number of rotatable bonds is 1. The van der Waals surface area contributed by atoms with Gasteiger partial charge in [0.2, 0.25) is 0 Å². The molecule has 0 amide bonds. The number of thiocarbonyl (C=S) groups is 1. The molecule has 0 spiro atoms. The maximum Gasteiger partial charge on any atom is 0.122 e. The van der Waals surface area contributed by atoms with E-state index in [-0.39, 0.29) is 0 Å². The highest BCUT2D eigenvalue weighted by molar-refractivity contribution is 7.80. The van der Waals surface area contributed by atoms with Gasteiger partial charge < -0.3 is 5.73 Å². The fraction of sp³-hybridized carbons (Fsp3) is 0. The zero-order chi connectivity index (χ0) is 9.97. The first kappa shape index (κ1) is 8.90. The molecule has 1 aromatic carbocycles. The lowest BCUT2D eigenvalue weighted by Crippen LogP contribution is -2.20. The van der Waals surface area contributed by atoms with Crippen molar-refractivity contribution in [3.63, 3.8) is 0 Å². The first-order valence-electron chi connectivity index (χ1n) is 4.17. The Balaban J connectivity index is 2.52. The number of hydrazone groups is 1. The predicted octanol–water partition coefficient (Wildman–Crippen LogP) is 1.25. The maximum atomic E-state index is 5.52. The smallest absolute Gasteiger partial charge is 0.122 e. The summed E-state index contributed by atoms with van der Waals surface area (Å²) in [6.45, 7) is 0. The highest BCUT2D eigenvalue weighted by atomic mass is 32.1. The van der Waals surface area contributed by atoms with Gasteiger partial charge in [0.1, 0.15) is 4.99 Å². The molecule has 0 saturated carbocycles. The molecular formula is C10H9N3S. The number of fused-ring (bicyclic) bond motifs is 1. The van der Waals surface area contributed by atoms with E-state index in [4.69, 9.17) is 18.0 Å². The van der Waals surface area contributed by atoms with Crippen LogP contribution in [0, 0.1) is 0 Å². The van der Waals surface area contributed by atoms with Crippen molar-refractivity contribution >= 4 is 29.5 Å². The average Bonchev–Trinajstić information content (AvgIpc) is 2.39. The third kappa shape index (κ3) is 1.65. The number of hydrogen-bond donors (Lipinski definition) is 2. The predicted molar refractivity (Wildman–Crippen MR) is 61.9 cm³/mol.